The average Bonchev–Trinajstić information content (AvgIpc) is 3.10. The molecular weight excluding hydrogens is 631 g/mol. The van der Waals surface area contributed by atoms with Crippen LogP contribution in [0.25, 0.3) is 11.1 Å². The van der Waals surface area contributed by atoms with Crippen molar-refractivity contribution < 1.29 is 36.1 Å². The van der Waals surface area contributed by atoms with E-state index in [9.17, 15) is 17.6 Å². The fourth-order valence-corrected chi connectivity index (χ4v) is 9.17. The van der Waals surface area contributed by atoms with E-state index in [1.165, 1.54) is 6.07 Å². The van der Waals surface area contributed by atoms with Crippen LogP contribution in [-0.2, 0) is 30.5 Å². The minimum absolute atomic E-state index is 0.0275. The summed E-state index contributed by atoms with van der Waals surface area (Å²) in [6.45, 7) is -0.0913. The third-order valence-electron chi connectivity index (χ3n) is 8.73. The summed E-state index contributed by atoms with van der Waals surface area (Å²) < 4.78 is 89.2. The van der Waals surface area contributed by atoms with E-state index in [4.69, 9.17) is 14.0 Å². The maximum Gasteiger partial charge on any atom is 0.416 e. The molecule has 0 bridgehead atoms. The second-order valence-electron chi connectivity index (χ2n) is 11.6. The molecule has 6 nitrogen and oxygen atoms in total. The molecule has 0 aliphatic carbocycles. The first-order valence-corrected chi connectivity index (χ1v) is 16.6. The van der Waals surface area contributed by atoms with E-state index in [-0.39, 0.29) is 20.0 Å². The van der Waals surface area contributed by atoms with Gasteiger partial charge in [0, 0.05) is 28.1 Å². The molecule has 0 N–H and O–H groups in total. The van der Waals surface area contributed by atoms with Gasteiger partial charge in [-0.05, 0) is 59.7 Å². The molecule has 0 saturated carbocycles. The molecule has 3 aliphatic heterocycles. The maximum absolute atomic E-state index is 15.6. The Morgan fingerprint density at radius 3 is 2.23 bits per heavy atom. The van der Waals surface area contributed by atoms with Crippen LogP contribution in [0.15, 0.2) is 103 Å². The van der Waals surface area contributed by atoms with Gasteiger partial charge in [-0.1, -0.05) is 54.6 Å². The number of benzene rings is 5. The second-order valence-corrected chi connectivity index (χ2v) is 13.9. The maximum atomic E-state index is 15.6. The van der Waals surface area contributed by atoms with Crippen LogP contribution in [0, 0.1) is 0 Å². The Hall–Kier alpha value is -4.95. The topological polar surface area (TPSA) is 51.2 Å². The highest BCUT2D eigenvalue weighted by Gasteiger charge is 2.45. The third-order valence-corrected chi connectivity index (χ3v) is 11.3. The molecule has 3 aliphatic rings. The summed E-state index contributed by atoms with van der Waals surface area (Å²) in [5.74, 6) is 1.28. The van der Waals surface area contributed by atoms with E-state index < -0.39 is 25.8 Å². The molecule has 1 atom stereocenters. The lowest BCUT2D eigenvalue weighted by Gasteiger charge is -2.39. The highest BCUT2D eigenvalue weighted by molar-refractivity contribution is 7.75. The molecule has 11 heteroatoms. The van der Waals surface area contributed by atoms with Crippen LogP contribution < -0.4 is 34.4 Å². The Morgan fingerprint density at radius 1 is 0.723 bits per heavy atom. The van der Waals surface area contributed by atoms with Gasteiger partial charge in [0.2, 0.25) is 0 Å². The lowest BCUT2D eigenvalue weighted by Crippen LogP contribution is -2.40. The van der Waals surface area contributed by atoms with Gasteiger partial charge in [0.15, 0.2) is 13.5 Å². The van der Waals surface area contributed by atoms with Gasteiger partial charge in [-0.2, -0.15) is 13.2 Å². The minimum Gasteiger partial charge on any atom is -0.473 e. The van der Waals surface area contributed by atoms with E-state index in [0.29, 0.717) is 56.8 Å². The summed E-state index contributed by atoms with van der Waals surface area (Å²) >= 11 is 0. The molecule has 3 heterocycles. The summed E-state index contributed by atoms with van der Waals surface area (Å²) in [6.07, 6.45) is -4.52. The van der Waals surface area contributed by atoms with Gasteiger partial charge in [0.1, 0.15) is 29.2 Å². The van der Waals surface area contributed by atoms with Crippen molar-refractivity contribution in [2.75, 3.05) is 23.3 Å². The van der Waals surface area contributed by atoms with Crippen molar-refractivity contribution in [3.05, 3.63) is 125 Å². The SMILES string of the molecule is O=P1(c2c3c(cc4c2OCN(c2cccc(CF)c2)C4)OCN(c2cccc(C(F)(F)F)c2)C3)Oc2ccccc2-c2ccccc21. The molecule has 0 amide bonds. The van der Waals surface area contributed by atoms with E-state index >= 15 is 4.57 Å². The standard InChI is InChI=1S/C36H27F4N2O4P/c37-18-23-7-5-9-26(15-23)41-19-24-16-32-30(20-42(21-44-32)27-10-6-8-25(17-27)36(38,39)40)35(34(24)45-22-41)47(43)33-14-4-2-12-29(33)28-11-1-3-13-31(28)46-47/h1-17H,18-22H2. The van der Waals surface area contributed by atoms with Gasteiger partial charge < -0.3 is 23.8 Å². The molecule has 0 fully saturated rings. The zero-order chi connectivity index (χ0) is 32.3. The number of para-hydroxylation sites is 1. The van der Waals surface area contributed by atoms with E-state index in [1.54, 1.807) is 47.4 Å². The highest BCUT2D eigenvalue weighted by Crippen LogP contribution is 2.57. The van der Waals surface area contributed by atoms with Crippen LogP contribution in [0.5, 0.6) is 17.2 Å². The van der Waals surface area contributed by atoms with Gasteiger partial charge in [0.25, 0.3) is 0 Å². The first-order valence-electron chi connectivity index (χ1n) is 15.0. The number of nitrogens with zero attached hydrogens (tertiary/aromatic N) is 2. The lowest BCUT2D eigenvalue weighted by molar-refractivity contribution is -0.137. The zero-order valence-corrected chi connectivity index (χ0v) is 25.7. The first kappa shape index (κ1) is 29.5. The highest BCUT2D eigenvalue weighted by atomic mass is 31.2. The number of halogens is 4. The van der Waals surface area contributed by atoms with E-state index in [2.05, 4.69) is 0 Å². The fourth-order valence-electron chi connectivity index (χ4n) is 6.49. The Morgan fingerprint density at radius 2 is 1.43 bits per heavy atom. The Balaban J connectivity index is 1.30. The largest absolute Gasteiger partial charge is 0.473 e. The van der Waals surface area contributed by atoms with E-state index in [1.807, 2.05) is 47.4 Å². The Kier molecular flexibility index (Phi) is 6.95. The molecule has 238 valence electrons. The summed E-state index contributed by atoms with van der Waals surface area (Å²) in [7, 11) is -3.95. The van der Waals surface area contributed by atoms with Gasteiger partial charge in [0.05, 0.1) is 24.0 Å². The van der Waals surface area contributed by atoms with Crippen LogP contribution in [0.1, 0.15) is 22.3 Å². The lowest BCUT2D eigenvalue weighted by atomic mass is 10.0. The van der Waals surface area contributed by atoms with Gasteiger partial charge in [-0.3, -0.25) is 4.57 Å². The van der Waals surface area contributed by atoms with Crippen molar-refractivity contribution in [3.8, 4) is 28.4 Å². The van der Waals surface area contributed by atoms with Crippen LogP contribution in [0.4, 0.5) is 28.9 Å². The molecule has 5 aromatic carbocycles. The van der Waals surface area contributed by atoms with Crippen LogP contribution >= 0.6 is 7.37 Å². The second kappa shape index (κ2) is 11.1. The summed E-state index contributed by atoms with van der Waals surface area (Å²) in [4.78, 5) is 3.61. The number of ether oxygens (including phenoxy) is 2. The third kappa shape index (κ3) is 4.99. The van der Waals surface area contributed by atoms with Crippen molar-refractivity contribution in [1.82, 2.24) is 0 Å². The van der Waals surface area contributed by atoms with Crippen molar-refractivity contribution in [2.24, 2.45) is 0 Å². The molecule has 0 radical (unpaired) electrons. The zero-order valence-electron chi connectivity index (χ0n) is 24.8. The molecule has 0 saturated heterocycles. The van der Waals surface area contributed by atoms with Gasteiger partial charge in [-0.25, -0.2) is 4.39 Å². The molecule has 47 heavy (non-hydrogen) atoms. The number of rotatable bonds is 4. The predicted molar refractivity (Wildman–Crippen MR) is 172 cm³/mol. The predicted octanol–water partition coefficient (Wildman–Crippen LogP) is 8.18. The number of fused-ring (bicyclic) bond motifs is 5. The molecule has 8 rings (SSSR count). The summed E-state index contributed by atoms with van der Waals surface area (Å²) in [5.41, 5.74) is 3.60. The smallest absolute Gasteiger partial charge is 0.416 e. The van der Waals surface area contributed by atoms with Gasteiger partial charge in [-0.15, -0.1) is 0 Å². The van der Waals surface area contributed by atoms with Crippen LogP contribution in [0.2, 0.25) is 0 Å². The normalized spacial score (nSPS) is 18.1. The summed E-state index contributed by atoms with van der Waals surface area (Å²) in [5, 5.41) is 0.813. The average molecular weight is 659 g/mol. The minimum atomic E-state index is -4.52. The van der Waals surface area contributed by atoms with E-state index in [0.717, 1.165) is 28.9 Å². The van der Waals surface area contributed by atoms with Crippen molar-refractivity contribution in [1.29, 1.82) is 0 Å². The summed E-state index contributed by atoms with van der Waals surface area (Å²) in [6, 6.07) is 28.7. The molecule has 0 aromatic heterocycles. The Labute approximate surface area is 268 Å². The Bertz CT molecular complexity index is 2090. The van der Waals surface area contributed by atoms with Crippen LogP contribution in [0.3, 0.4) is 0 Å². The quantitative estimate of drug-likeness (QED) is 0.144. The molecular formula is C36H27F4N2O4P. The number of hydrogen-bond acceptors (Lipinski definition) is 6. The van der Waals surface area contributed by atoms with Crippen molar-refractivity contribution in [3.63, 3.8) is 0 Å². The number of alkyl halides is 4. The molecule has 0 spiro atoms. The fraction of sp³-hybridized carbons (Fsp3) is 0.167. The van der Waals surface area contributed by atoms with Crippen molar-refractivity contribution in [2.45, 2.75) is 25.9 Å². The van der Waals surface area contributed by atoms with Gasteiger partial charge >= 0.3 is 13.5 Å². The molecule has 5 aromatic rings. The number of hydrogen-bond donors (Lipinski definition) is 0. The monoisotopic (exact) mass is 658 g/mol. The molecule has 1 unspecified atom stereocenters. The van der Waals surface area contributed by atoms with Crippen LogP contribution in [-0.4, -0.2) is 13.5 Å². The first-order chi connectivity index (χ1) is 22.7. The number of anilines is 2. The van der Waals surface area contributed by atoms with Crippen molar-refractivity contribution >= 4 is 29.4 Å².